The Kier molecular flexibility index (Phi) is 13.5. The van der Waals surface area contributed by atoms with Crippen molar-refractivity contribution in [3.05, 3.63) is 57.2 Å². The number of amides is 3. The first-order valence-electron chi connectivity index (χ1n) is 14.3. The van der Waals surface area contributed by atoms with Gasteiger partial charge in [-0.3, -0.25) is 26.0 Å². The van der Waals surface area contributed by atoms with E-state index in [0.29, 0.717) is 69.3 Å². The molecule has 240 valence electrons. The van der Waals surface area contributed by atoms with E-state index in [2.05, 4.69) is 42.9 Å². The molecule has 0 aliphatic heterocycles. The fourth-order valence-corrected chi connectivity index (χ4v) is 6.11. The Morgan fingerprint density at radius 1 is 1.02 bits per heavy atom. The number of ether oxygens (including phenoxy) is 2. The van der Waals surface area contributed by atoms with Crippen LogP contribution in [-0.2, 0) is 26.0 Å². The summed E-state index contributed by atoms with van der Waals surface area (Å²) >= 11 is 2.12. The third-order valence-corrected chi connectivity index (χ3v) is 9.03. The number of benzene rings is 2. The number of hydrogen-bond donors (Lipinski definition) is 6. The Bertz CT molecular complexity index is 1420. The van der Waals surface area contributed by atoms with Gasteiger partial charge in [0.1, 0.15) is 11.9 Å². The molecule has 0 radical (unpaired) electrons. The smallest absolute Gasteiger partial charge is 0.338 e. The number of hydrogen-bond acceptors (Lipinski definition) is 7. The molecule has 0 aromatic heterocycles. The minimum atomic E-state index is -4.09. The summed E-state index contributed by atoms with van der Waals surface area (Å²) in [6.45, 7) is 0.922. The van der Waals surface area contributed by atoms with Crippen molar-refractivity contribution in [3.8, 4) is 5.75 Å². The second kappa shape index (κ2) is 17.0. The van der Waals surface area contributed by atoms with Gasteiger partial charge in [-0.2, -0.15) is 0 Å². The molecule has 0 heterocycles. The topological polar surface area (TPSA) is 206 Å². The van der Waals surface area contributed by atoms with E-state index in [-0.39, 0.29) is 34.9 Å². The van der Waals surface area contributed by atoms with Gasteiger partial charge in [0, 0.05) is 22.6 Å². The van der Waals surface area contributed by atoms with Gasteiger partial charge in [-0.1, -0.05) is 12.1 Å². The molecule has 8 N–H and O–H groups in total. The van der Waals surface area contributed by atoms with Crippen molar-refractivity contribution >= 4 is 56.5 Å². The van der Waals surface area contributed by atoms with Gasteiger partial charge in [-0.15, -0.1) is 0 Å². The number of carbonyl (C=O) groups excluding carboxylic acids is 3. The molecule has 2 aromatic carbocycles. The first kappa shape index (κ1) is 34.9. The summed E-state index contributed by atoms with van der Waals surface area (Å²) in [5, 5.41) is 5.55. The maximum absolute atomic E-state index is 12.8. The predicted octanol–water partition coefficient (Wildman–Crippen LogP) is 0.639. The largest absolute Gasteiger partial charge is 0.496 e. The van der Waals surface area contributed by atoms with Crippen molar-refractivity contribution in [1.29, 1.82) is 0 Å². The highest BCUT2D eigenvalue weighted by molar-refractivity contribution is 14.1. The lowest BCUT2D eigenvalue weighted by Gasteiger charge is -2.28. The number of methoxy groups -OCH3 is 1. The maximum atomic E-state index is 12.8. The molecule has 0 saturated heterocycles. The zero-order valence-electron chi connectivity index (χ0n) is 24.6. The lowest BCUT2D eigenvalue weighted by Crippen LogP contribution is -2.78. The number of carbonyl (C=O) groups is 3. The monoisotopic (exact) mass is 743 g/mol. The van der Waals surface area contributed by atoms with E-state index in [1.54, 1.807) is 24.3 Å². The van der Waals surface area contributed by atoms with E-state index >= 15 is 0 Å². The Morgan fingerprint density at radius 3 is 2.39 bits per heavy atom. The van der Waals surface area contributed by atoms with Crippen molar-refractivity contribution < 1.29 is 37.3 Å². The molecular formula is C29H40IN6O7S+. The first-order chi connectivity index (χ1) is 21.0. The molecule has 1 fully saturated rings. The normalized spacial score (nSPS) is 16.3. The average molecular weight is 744 g/mol. The van der Waals surface area contributed by atoms with E-state index in [1.807, 2.05) is 6.07 Å². The number of nitrogens with two attached hydrogens (primary N) is 2. The molecule has 3 amide bonds. The summed E-state index contributed by atoms with van der Waals surface area (Å²) in [6.07, 6.45) is 4.19. The number of esters is 1. The molecule has 2 aromatic rings. The summed E-state index contributed by atoms with van der Waals surface area (Å²) in [7, 11) is -2.59. The summed E-state index contributed by atoms with van der Waals surface area (Å²) < 4.78 is 39.3. The van der Waals surface area contributed by atoms with Gasteiger partial charge in [-0.05, 0) is 103 Å². The van der Waals surface area contributed by atoms with Gasteiger partial charge >= 0.3 is 18.0 Å². The van der Waals surface area contributed by atoms with Crippen LogP contribution >= 0.6 is 22.6 Å². The number of nitrogens with one attached hydrogen (secondary N) is 4. The molecule has 0 atom stereocenters. The fraction of sp³-hybridized carbons (Fsp3) is 0.448. The van der Waals surface area contributed by atoms with Gasteiger partial charge in [0.05, 0.1) is 24.1 Å². The van der Waals surface area contributed by atoms with Crippen LogP contribution in [0.15, 0.2) is 47.4 Å². The molecule has 1 aliphatic carbocycles. The molecule has 0 spiro atoms. The van der Waals surface area contributed by atoms with Crippen LogP contribution < -0.4 is 36.6 Å². The van der Waals surface area contributed by atoms with E-state index in [9.17, 15) is 22.8 Å². The second-order valence-corrected chi connectivity index (χ2v) is 13.3. The number of unbranched alkanes of at least 4 members (excludes halogenated alkanes) is 1. The number of halogens is 1. The van der Waals surface area contributed by atoms with Crippen LogP contribution in [0.5, 0.6) is 5.75 Å². The number of rotatable bonds is 14. The molecule has 13 nitrogen and oxygen atoms in total. The van der Waals surface area contributed by atoms with Gasteiger partial charge in [0.2, 0.25) is 0 Å². The van der Waals surface area contributed by atoms with Gasteiger partial charge in [0.15, 0.2) is 0 Å². The highest BCUT2D eigenvalue weighted by Gasteiger charge is 2.26. The summed E-state index contributed by atoms with van der Waals surface area (Å²) in [4.78, 5) is 39.9. The summed E-state index contributed by atoms with van der Waals surface area (Å²) in [5.41, 5.74) is 11.9. The Morgan fingerprint density at radius 2 is 1.73 bits per heavy atom. The molecular weight excluding hydrogens is 703 g/mol. The third-order valence-electron chi connectivity index (χ3n) is 7.01. The van der Waals surface area contributed by atoms with Crippen LogP contribution in [-0.4, -0.2) is 64.6 Å². The second-order valence-electron chi connectivity index (χ2n) is 10.4. The standard InChI is InChI=1S/C29H39IN6O7S/c1-42-25-14-7-20(30)18-24(25)27(38)33-17-15-19-5-12-23(13-6-19)44(40,41)36-29(39)35-21-8-10-22(11-9-21)43-26(37)4-2-3-16-34-28(31)32/h5-7,12-14,18,21-22H,2-4,8-11,15-17H2,1H3,(H,33,38)(H4,31,32,34)(H2,35,36,39)/p+1. The minimum Gasteiger partial charge on any atom is -0.496 e. The third kappa shape index (κ3) is 11.5. The molecule has 1 saturated carbocycles. The van der Waals surface area contributed by atoms with Crippen molar-refractivity contribution in [2.24, 2.45) is 11.5 Å². The van der Waals surface area contributed by atoms with Gasteiger partial charge in [0.25, 0.3) is 15.9 Å². The fourth-order valence-electron chi connectivity index (χ4n) is 4.70. The predicted molar refractivity (Wildman–Crippen MR) is 172 cm³/mol. The van der Waals surface area contributed by atoms with Crippen LogP contribution in [0, 0.1) is 3.57 Å². The molecule has 3 rings (SSSR count). The number of sulfonamides is 1. The van der Waals surface area contributed by atoms with Crippen LogP contribution in [0.1, 0.15) is 60.9 Å². The highest BCUT2D eigenvalue weighted by Crippen LogP contribution is 2.23. The minimum absolute atomic E-state index is 0.0555. The molecule has 44 heavy (non-hydrogen) atoms. The Labute approximate surface area is 271 Å². The van der Waals surface area contributed by atoms with Crippen molar-refractivity contribution in [1.82, 2.24) is 15.4 Å². The quantitative estimate of drug-likeness (QED) is 0.0528. The van der Waals surface area contributed by atoms with Gasteiger partial charge in [-0.25, -0.2) is 17.9 Å². The zero-order valence-corrected chi connectivity index (χ0v) is 27.5. The van der Waals surface area contributed by atoms with Crippen molar-refractivity contribution in [3.63, 3.8) is 0 Å². The van der Waals surface area contributed by atoms with E-state index in [0.717, 1.165) is 15.6 Å². The Hall–Kier alpha value is -3.60. The number of urea groups is 1. The van der Waals surface area contributed by atoms with E-state index in [4.69, 9.17) is 20.9 Å². The highest BCUT2D eigenvalue weighted by atomic mass is 127. The van der Waals surface area contributed by atoms with Crippen LogP contribution in [0.3, 0.4) is 0 Å². The number of guanidine groups is 1. The molecule has 0 bridgehead atoms. The van der Waals surface area contributed by atoms with Crippen LogP contribution in [0.4, 0.5) is 4.79 Å². The maximum Gasteiger partial charge on any atom is 0.338 e. The molecule has 1 aliphatic rings. The average Bonchev–Trinajstić information content (AvgIpc) is 2.97. The lowest BCUT2D eigenvalue weighted by molar-refractivity contribution is -0.459. The summed E-state index contributed by atoms with van der Waals surface area (Å²) in [5.74, 6) is 0.0910. The SMILES string of the molecule is COc1ccc(I)cc1C(=O)NCCc1ccc(S(=O)(=O)NC(=O)NC2CCC(OC(=O)CCCC[NH+]=C(N)N)CC2)cc1. The van der Waals surface area contributed by atoms with Crippen molar-refractivity contribution in [2.75, 3.05) is 20.2 Å². The zero-order chi connectivity index (χ0) is 32.1. The Balaban J connectivity index is 1.38. The van der Waals surface area contributed by atoms with Crippen LogP contribution in [0.2, 0.25) is 0 Å². The van der Waals surface area contributed by atoms with E-state index in [1.165, 1.54) is 19.2 Å². The van der Waals surface area contributed by atoms with E-state index < -0.39 is 16.1 Å². The van der Waals surface area contributed by atoms with Crippen LogP contribution in [0.25, 0.3) is 0 Å². The summed E-state index contributed by atoms with van der Waals surface area (Å²) in [6, 6.07) is 10.4. The first-order valence-corrected chi connectivity index (χ1v) is 16.9. The lowest BCUT2D eigenvalue weighted by atomic mass is 9.93. The van der Waals surface area contributed by atoms with Gasteiger partial charge < -0.3 is 20.1 Å². The molecule has 0 unspecified atom stereocenters. The van der Waals surface area contributed by atoms with Crippen molar-refractivity contribution in [2.45, 2.75) is 68.4 Å². The molecule has 15 heteroatoms.